The first-order valence-electron chi connectivity index (χ1n) is 8.76. The average molecular weight is 474 g/mol. The Morgan fingerprint density at radius 2 is 1.83 bits per heavy atom. The number of nitrogens with one attached hydrogen (secondary N) is 1. The van der Waals surface area contributed by atoms with Crippen molar-refractivity contribution in [3.8, 4) is 11.1 Å². The third-order valence-corrected chi connectivity index (χ3v) is 5.05. The van der Waals surface area contributed by atoms with E-state index in [1.54, 1.807) is 7.05 Å². The predicted octanol–water partition coefficient (Wildman–Crippen LogP) is 3.48. The molecule has 0 saturated carbocycles. The van der Waals surface area contributed by atoms with E-state index >= 15 is 0 Å². The number of amides is 1. The molecule has 0 fully saturated rings. The van der Waals surface area contributed by atoms with E-state index in [0.717, 1.165) is 4.57 Å². The van der Waals surface area contributed by atoms with Crippen LogP contribution in [-0.2, 0) is 18.4 Å². The Morgan fingerprint density at radius 3 is 2.57 bits per heavy atom. The number of rotatable bonds is 4. The zero-order valence-electron chi connectivity index (χ0n) is 15.6. The standard InChI is InChI=1S/C20H14BrF2N5O2/c1-27-19-17(18(21)26-27)20(30)28(10-24-19)9-16(29)25-15-7-6-13(23)8-14(15)11-2-4-12(22)5-3-11/h2-8,10H,9H2,1H3,(H,25,29). The third-order valence-electron chi connectivity index (χ3n) is 4.49. The van der Waals surface area contributed by atoms with E-state index in [2.05, 4.69) is 31.3 Å². The van der Waals surface area contributed by atoms with Crippen LogP contribution < -0.4 is 10.9 Å². The van der Waals surface area contributed by atoms with Crippen molar-refractivity contribution in [2.45, 2.75) is 6.54 Å². The molecule has 4 aromatic rings. The Morgan fingerprint density at radius 1 is 1.13 bits per heavy atom. The molecule has 10 heteroatoms. The van der Waals surface area contributed by atoms with Crippen molar-refractivity contribution in [3.63, 3.8) is 0 Å². The minimum Gasteiger partial charge on any atom is -0.324 e. The summed E-state index contributed by atoms with van der Waals surface area (Å²) in [5, 5.41) is 7.03. The van der Waals surface area contributed by atoms with Gasteiger partial charge in [0.25, 0.3) is 5.56 Å². The van der Waals surface area contributed by atoms with Crippen molar-refractivity contribution >= 4 is 38.6 Å². The minimum absolute atomic E-state index is 0.265. The Hall–Kier alpha value is -3.40. The van der Waals surface area contributed by atoms with Crippen molar-refractivity contribution in [2.24, 2.45) is 7.05 Å². The Kier molecular flexibility index (Phi) is 5.17. The first kappa shape index (κ1) is 19.9. The van der Waals surface area contributed by atoms with Gasteiger partial charge in [-0.25, -0.2) is 18.4 Å². The molecule has 0 unspecified atom stereocenters. The first-order valence-corrected chi connectivity index (χ1v) is 9.56. The van der Waals surface area contributed by atoms with Crippen LogP contribution in [0.3, 0.4) is 0 Å². The fraction of sp³-hybridized carbons (Fsp3) is 0.100. The number of halogens is 3. The molecule has 0 atom stereocenters. The number of hydrogen-bond donors (Lipinski definition) is 1. The van der Waals surface area contributed by atoms with Crippen LogP contribution in [0.1, 0.15) is 0 Å². The predicted molar refractivity (Wildman–Crippen MR) is 111 cm³/mol. The fourth-order valence-corrected chi connectivity index (χ4v) is 3.67. The molecule has 0 bridgehead atoms. The van der Waals surface area contributed by atoms with E-state index < -0.39 is 23.1 Å². The highest BCUT2D eigenvalue weighted by molar-refractivity contribution is 9.10. The van der Waals surface area contributed by atoms with Gasteiger partial charge in [-0.05, 0) is 51.8 Å². The molecule has 0 radical (unpaired) electrons. The molecule has 0 aliphatic rings. The summed E-state index contributed by atoms with van der Waals surface area (Å²) in [5.41, 5.74) is 1.22. The van der Waals surface area contributed by atoms with Crippen molar-refractivity contribution < 1.29 is 13.6 Å². The topological polar surface area (TPSA) is 81.8 Å². The highest BCUT2D eigenvalue weighted by Gasteiger charge is 2.16. The maximum Gasteiger partial charge on any atom is 0.266 e. The summed E-state index contributed by atoms with van der Waals surface area (Å²) in [6.45, 7) is -0.302. The smallest absolute Gasteiger partial charge is 0.266 e. The molecule has 0 aliphatic carbocycles. The van der Waals surface area contributed by atoms with Crippen molar-refractivity contribution in [1.82, 2.24) is 19.3 Å². The van der Waals surface area contributed by atoms with E-state index in [1.165, 1.54) is 53.5 Å². The first-order chi connectivity index (χ1) is 14.3. The van der Waals surface area contributed by atoms with Crippen molar-refractivity contribution in [2.75, 3.05) is 5.32 Å². The Balaban J connectivity index is 1.63. The number of aryl methyl sites for hydroxylation is 1. The normalized spacial score (nSPS) is 11.1. The summed E-state index contributed by atoms with van der Waals surface area (Å²) in [7, 11) is 1.65. The summed E-state index contributed by atoms with van der Waals surface area (Å²) < 4.78 is 30.0. The lowest BCUT2D eigenvalue weighted by Gasteiger charge is -2.12. The average Bonchev–Trinajstić information content (AvgIpc) is 3.00. The van der Waals surface area contributed by atoms with Gasteiger partial charge in [0.1, 0.15) is 34.5 Å². The van der Waals surface area contributed by atoms with Crippen LogP contribution in [-0.4, -0.2) is 25.2 Å². The van der Waals surface area contributed by atoms with E-state index in [0.29, 0.717) is 27.1 Å². The molecule has 1 N–H and O–H groups in total. The molecular weight excluding hydrogens is 460 g/mol. The quantitative estimate of drug-likeness (QED) is 0.491. The number of carbonyl (C=O) groups excluding carboxylic acids is 1. The maximum absolute atomic E-state index is 13.8. The van der Waals surface area contributed by atoms with Crippen LogP contribution in [0, 0.1) is 11.6 Å². The van der Waals surface area contributed by atoms with E-state index in [1.807, 2.05) is 0 Å². The molecule has 2 heterocycles. The molecule has 1 amide bonds. The second-order valence-corrected chi connectivity index (χ2v) is 7.29. The molecule has 0 aliphatic heterocycles. The van der Waals surface area contributed by atoms with Crippen LogP contribution in [0.15, 0.2) is 58.2 Å². The van der Waals surface area contributed by atoms with E-state index in [-0.39, 0.29) is 11.9 Å². The molecule has 0 saturated heterocycles. The van der Waals surface area contributed by atoms with E-state index in [4.69, 9.17) is 0 Å². The zero-order chi connectivity index (χ0) is 21.4. The molecule has 152 valence electrons. The van der Waals surface area contributed by atoms with Crippen LogP contribution in [0.4, 0.5) is 14.5 Å². The molecular formula is C20H14BrF2N5O2. The van der Waals surface area contributed by atoms with Gasteiger partial charge in [0, 0.05) is 18.3 Å². The number of benzene rings is 2. The number of fused-ring (bicyclic) bond motifs is 1. The maximum atomic E-state index is 13.8. The van der Waals surface area contributed by atoms with E-state index in [9.17, 15) is 18.4 Å². The van der Waals surface area contributed by atoms with Crippen LogP contribution in [0.2, 0.25) is 0 Å². The van der Waals surface area contributed by atoms with Crippen LogP contribution in [0.5, 0.6) is 0 Å². The SMILES string of the molecule is Cn1nc(Br)c2c(=O)n(CC(=O)Nc3ccc(F)cc3-c3ccc(F)cc3)cnc21. The highest BCUT2D eigenvalue weighted by Crippen LogP contribution is 2.29. The number of anilines is 1. The summed E-state index contributed by atoms with van der Waals surface area (Å²) in [6.07, 6.45) is 1.27. The second-order valence-electron chi connectivity index (χ2n) is 6.54. The number of aromatic nitrogens is 4. The third kappa shape index (κ3) is 3.73. The monoisotopic (exact) mass is 473 g/mol. The van der Waals surface area contributed by atoms with Gasteiger partial charge in [-0.15, -0.1) is 0 Å². The summed E-state index contributed by atoms with van der Waals surface area (Å²) in [6, 6.07) is 9.33. The van der Waals surface area contributed by atoms with Gasteiger partial charge >= 0.3 is 0 Å². The fourth-order valence-electron chi connectivity index (χ4n) is 3.09. The number of nitrogens with zero attached hydrogens (tertiary/aromatic N) is 4. The van der Waals surface area contributed by atoms with Crippen molar-refractivity contribution in [3.05, 3.63) is 75.4 Å². The van der Waals surface area contributed by atoms with Gasteiger partial charge in [0.2, 0.25) is 5.91 Å². The molecule has 30 heavy (non-hydrogen) atoms. The molecule has 4 rings (SSSR count). The number of hydrogen-bond acceptors (Lipinski definition) is 4. The minimum atomic E-state index is -0.506. The van der Waals surface area contributed by atoms with Crippen LogP contribution in [0.25, 0.3) is 22.2 Å². The zero-order valence-corrected chi connectivity index (χ0v) is 17.2. The molecule has 7 nitrogen and oxygen atoms in total. The lowest BCUT2D eigenvalue weighted by Crippen LogP contribution is -2.28. The lowest BCUT2D eigenvalue weighted by atomic mass is 10.0. The molecule has 2 aromatic heterocycles. The van der Waals surface area contributed by atoms with Gasteiger partial charge in [0.15, 0.2) is 5.65 Å². The van der Waals surface area contributed by atoms with Gasteiger partial charge in [-0.2, -0.15) is 5.10 Å². The van der Waals surface area contributed by atoms with Gasteiger partial charge in [-0.1, -0.05) is 12.1 Å². The largest absolute Gasteiger partial charge is 0.324 e. The van der Waals surface area contributed by atoms with Gasteiger partial charge in [-0.3, -0.25) is 14.2 Å². The van der Waals surface area contributed by atoms with Gasteiger partial charge < -0.3 is 5.32 Å². The summed E-state index contributed by atoms with van der Waals surface area (Å²) in [5.74, 6) is -1.43. The lowest BCUT2D eigenvalue weighted by molar-refractivity contribution is -0.116. The summed E-state index contributed by atoms with van der Waals surface area (Å²) in [4.78, 5) is 29.5. The van der Waals surface area contributed by atoms with Crippen molar-refractivity contribution in [1.29, 1.82) is 0 Å². The summed E-state index contributed by atoms with van der Waals surface area (Å²) >= 11 is 3.22. The van der Waals surface area contributed by atoms with Gasteiger partial charge in [0.05, 0.1) is 0 Å². The molecule has 0 spiro atoms. The Bertz CT molecular complexity index is 1330. The second kappa shape index (κ2) is 7.79. The Labute approximate surface area is 177 Å². The highest BCUT2D eigenvalue weighted by atomic mass is 79.9. The van der Waals surface area contributed by atoms with Crippen LogP contribution >= 0.6 is 15.9 Å². The molecule has 2 aromatic carbocycles. The number of carbonyl (C=O) groups is 1.